The van der Waals surface area contributed by atoms with Gasteiger partial charge in [0.2, 0.25) is 5.28 Å². The van der Waals surface area contributed by atoms with Crippen molar-refractivity contribution in [1.82, 2.24) is 9.97 Å². The van der Waals surface area contributed by atoms with Crippen LogP contribution in [-0.4, -0.2) is 9.97 Å². The quantitative estimate of drug-likeness (QED) is 0.812. The lowest BCUT2D eigenvalue weighted by atomic mass is 10.1. The van der Waals surface area contributed by atoms with Gasteiger partial charge in [-0.2, -0.15) is 5.26 Å². The van der Waals surface area contributed by atoms with E-state index in [-0.39, 0.29) is 6.42 Å². The van der Waals surface area contributed by atoms with Gasteiger partial charge in [0.15, 0.2) is 0 Å². The number of nitrogens with zero attached hydrogens (tertiary/aromatic N) is 2. The van der Waals surface area contributed by atoms with Crippen LogP contribution in [0.3, 0.4) is 0 Å². The number of halogens is 2. The standard InChI is InChI=1S/C9H5Cl2N3/c10-6-4-8-7(13-9(11)14-8)3-5(6)1-2-12/h3-4H,1H2,(H,13,14). The zero-order valence-electron chi connectivity index (χ0n) is 7.01. The summed E-state index contributed by atoms with van der Waals surface area (Å²) in [5, 5.41) is 9.43. The van der Waals surface area contributed by atoms with Crippen molar-refractivity contribution in [3.05, 3.63) is 28.0 Å². The van der Waals surface area contributed by atoms with Gasteiger partial charge >= 0.3 is 0 Å². The third-order valence-corrected chi connectivity index (χ3v) is 2.42. The summed E-state index contributed by atoms with van der Waals surface area (Å²) in [6.07, 6.45) is 0.283. The lowest BCUT2D eigenvalue weighted by Gasteiger charge is -1.97. The number of fused-ring (bicyclic) bond motifs is 1. The van der Waals surface area contributed by atoms with Crippen LogP contribution in [0.1, 0.15) is 5.56 Å². The van der Waals surface area contributed by atoms with Crippen LogP contribution in [-0.2, 0) is 6.42 Å². The van der Waals surface area contributed by atoms with Crippen molar-refractivity contribution in [2.75, 3.05) is 0 Å². The summed E-state index contributed by atoms with van der Waals surface area (Å²) in [6, 6.07) is 5.54. The minimum absolute atomic E-state index is 0.283. The number of nitrogens with one attached hydrogen (secondary N) is 1. The van der Waals surface area contributed by atoms with Crippen LogP contribution in [0, 0.1) is 11.3 Å². The molecule has 1 N–H and O–H groups in total. The molecule has 1 aromatic carbocycles. The Morgan fingerprint density at radius 2 is 2.21 bits per heavy atom. The van der Waals surface area contributed by atoms with E-state index in [1.54, 1.807) is 12.1 Å². The SMILES string of the molecule is N#CCc1cc2[nH]c(Cl)nc2cc1Cl. The molecule has 0 bridgehead atoms. The molecule has 0 saturated carbocycles. The summed E-state index contributed by atoms with van der Waals surface area (Å²) in [6.45, 7) is 0. The number of hydrogen-bond donors (Lipinski definition) is 1. The Hall–Kier alpha value is -1.24. The fourth-order valence-corrected chi connectivity index (χ4v) is 1.68. The van der Waals surface area contributed by atoms with Gasteiger partial charge in [0.1, 0.15) is 0 Å². The number of imidazole rings is 1. The summed E-state index contributed by atoms with van der Waals surface area (Å²) in [5.41, 5.74) is 2.29. The van der Waals surface area contributed by atoms with Crippen LogP contribution in [0.2, 0.25) is 10.3 Å². The van der Waals surface area contributed by atoms with E-state index in [0.717, 1.165) is 11.1 Å². The molecule has 0 aliphatic carbocycles. The van der Waals surface area contributed by atoms with E-state index >= 15 is 0 Å². The molecule has 1 aromatic heterocycles. The van der Waals surface area contributed by atoms with Crippen LogP contribution < -0.4 is 0 Å². The van der Waals surface area contributed by atoms with E-state index in [2.05, 4.69) is 9.97 Å². The molecule has 2 rings (SSSR count). The molecular weight excluding hydrogens is 221 g/mol. The molecule has 0 aliphatic heterocycles. The highest BCUT2D eigenvalue weighted by Crippen LogP contribution is 2.23. The first-order chi connectivity index (χ1) is 6.70. The van der Waals surface area contributed by atoms with E-state index in [1.807, 2.05) is 6.07 Å². The first kappa shape index (κ1) is 9.32. The van der Waals surface area contributed by atoms with Crippen molar-refractivity contribution in [2.24, 2.45) is 0 Å². The van der Waals surface area contributed by atoms with Gasteiger partial charge in [0.05, 0.1) is 23.5 Å². The predicted octanol–water partition coefficient (Wildman–Crippen LogP) is 2.94. The fraction of sp³-hybridized carbons (Fsp3) is 0.111. The van der Waals surface area contributed by atoms with E-state index in [4.69, 9.17) is 28.5 Å². The van der Waals surface area contributed by atoms with Crippen LogP contribution in [0.4, 0.5) is 0 Å². The summed E-state index contributed by atoms with van der Waals surface area (Å²) in [7, 11) is 0. The second-order valence-corrected chi connectivity index (χ2v) is 3.59. The monoisotopic (exact) mass is 225 g/mol. The topological polar surface area (TPSA) is 52.5 Å². The Labute approximate surface area is 90.3 Å². The van der Waals surface area contributed by atoms with Crippen LogP contribution in [0.25, 0.3) is 11.0 Å². The summed E-state index contributed by atoms with van der Waals surface area (Å²) >= 11 is 11.6. The molecule has 70 valence electrons. The Kier molecular flexibility index (Phi) is 2.32. The first-order valence-electron chi connectivity index (χ1n) is 3.91. The highest BCUT2D eigenvalue weighted by molar-refractivity contribution is 6.32. The maximum Gasteiger partial charge on any atom is 0.201 e. The molecule has 5 heteroatoms. The lowest BCUT2D eigenvalue weighted by Crippen LogP contribution is -1.83. The second kappa shape index (κ2) is 3.49. The van der Waals surface area contributed by atoms with Crippen LogP contribution in [0.15, 0.2) is 12.1 Å². The van der Waals surface area contributed by atoms with Crippen molar-refractivity contribution in [3.8, 4) is 6.07 Å². The molecule has 0 amide bonds. The van der Waals surface area contributed by atoms with Gasteiger partial charge in [-0.3, -0.25) is 0 Å². The minimum Gasteiger partial charge on any atom is -0.329 e. The molecule has 0 radical (unpaired) electrons. The number of rotatable bonds is 1. The van der Waals surface area contributed by atoms with Crippen molar-refractivity contribution in [2.45, 2.75) is 6.42 Å². The molecule has 0 spiro atoms. The van der Waals surface area contributed by atoms with Crippen molar-refractivity contribution < 1.29 is 0 Å². The average Bonchev–Trinajstić information content (AvgIpc) is 2.45. The maximum absolute atomic E-state index is 8.56. The molecule has 0 unspecified atom stereocenters. The zero-order chi connectivity index (χ0) is 10.1. The number of hydrogen-bond acceptors (Lipinski definition) is 2. The molecule has 0 fully saturated rings. The summed E-state index contributed by atoms with van der Waals surface area (Å²) in [4.78, 5) is 6.89. The Morgan fingerprint density at radius 3 is 2.93 bits per heavy atom. The van der Waals surface area contributed by atoms with E-state index in [9.17, 15) is 0 Å². The third kappa shape index (κ3) is 1.54. The number of aromatic amines is 1. The van der Waals surface area contributed by atoms with Gasteiger partial charge in [0.25, 0.3) is 0 Å². The third-order valence-electron chi connectivity index (χ3n) is 1.89. The van der Waals surface area contributed by atoms with Crippen LogP contribution >= 0.6 is 23.2 Å². The van der Waals surface area contributed by atoms with Crippen molar-refractivity contribution in [3.63, 3.8) is 0 Å². The highest BCUT2D eigenvalue weighted by Gasteiger charge is 2.06. The molecule has 2 aromatic rings. The van der Waals surface area contributed by atoms with Crippen LogP contribution in [0.5, 0.6) is 0 Å². The van der Waals surface area contributed by atoms with Crippen molar-refractivity contribution >= 4 is 34.2 Å². The van der Waals surface area contributed by atoms with E-state index in [0.29, 0.717) is 15.8 Å². The zero-order valence-corrected chi connectivity index (χ0v) is 8.52. The van der Waals surface area contributed by atoms with Gasteiger partial charge in [-0.05, 0) is 29.3 Å². The van der Waals surface area contributed by atoms with Crippen molar-refractivity contribution in [1.29, 1.82) is 5.26 Å². The first-order valence-corrected chi connectivity index (χ1v) is 4.67. The largest absolute Gasteiger partial charge is 0.329 e. The Bertz CT molecular complexity index is 525. The second-order valence-electron chi connectivity index (χ2n) is 2.82. The smallest absolute Gasteiger partial charge is 0.201 e. The molecule has 0 saturated heterocycles. The van der Waals surface area contributed by atoms with E-state index in [1.165, 1.54) is 0 Å². The van der Waals surface area contributed by atoms with Gasteiger partial charge in [-0.1, -0.05) is 11.6 Å². The fourth-order valence-electron chi connectivity index (χ4n) is 1.27. The summed E-state index contributed by atoms with van der Waals surface area (Å²) in [5.74, 6) is 0. The minimum atomic E-state index is 0.283. The normalized spacial score (nSPS) is 10.4. The molecule has 0 aliphatic rings. The van der Waals surface area contributed by atoms with Gasteiger partial charge in [-0.25, -0.2) is 4.98 Å². The van der Waals surface area contributed by atoms with Gasteiger partial charge in [0, 0.05) is 5.02 Å². The number of H-pyrrole nitrogens is 1. The maximum atomic E-state index is 8.56. The molecule has 0 atom stereocenters. The Morgan fingerprint density at radius 1 is 1.43 bits per heavy atom. The molecule has 1 heterocycles. The number of benzene rings is 1. The van der Waals surface area contributed by atoms with Gasteiger partial charge in [-0.15, -0.1) is 0 Å². The molecule has 14 heavy (non-hydrogen) atoms. The lowest BCUT2D eigenvalue weighted by molar-refractivity contribution is 1.27. The number of aromatic nitrogens is 2. The summed E-state index contributed by atoms with van der Waals surface area (Å²) < 4.78 is 0. The Balaban J connectivity index is 2.65. The molecule has 3 nitrogen and oxygen atoms in total. The number of nitriles is 1. The highest BCUT2D eigenvalue weighted by atomic mass is 35.5. The average molecular weight is 226 g/mol. The predicted molar refractivity (Wildman–Crippen MR) is 55.4 cm³/mol. The van der Waals surface area contributed by atoms with Gasteiger partial charge < -0.3 is 4.98 Å². The molecular formula is C9H5Cl2N3. The van der Waals surface area contributed by atoms with E-state index < -0.39 is 0 Å².